The van der Waals surface area contributed by atoms with E-state index in [2.05, 4.69) is 5.32 Å². The molecule has 0 aliphatic rings. The maximum absolute atomic E-state index is 13.9. The summed E-state index contributed by atoms with van der Waals surface area (Å²) in [5.74, 6) is -0.159. The molecule has 1 N–H and O–H groups in total. The Labute approximate surface area is 197 Å². The van der Waals surface area contributed by atoms with Crippen LogP contribution in [0.5, 0.6) is 0 Å². The van der Waals surface area contributed by atoms with E-state index >= 15 is 0 Å². The van der Waals surface area contributed by atoms with Gasteiger partial charge in [0.15, 0.2) is 0 Å². The standard InChI is InChI=1S/C23H27Cl2FN2O2S/c1-3-11-27-23(30)21(4-2)28(13-16-9-10-18(24)19(25)12-16)22(29)15-31-14-17-7-5-6-8-20(17)26/h5-10,12,21H,3-4,11,13-15H2,1-2H3,(H,27,30). The molecule has 4 nitrogen and oxygen atoms in total. The van der Waals surface area contributed by atoms with Crippen molar-refractivity contribution in [3.05, 3.63) is 69.5 Å². The fourth-order valence-electron chi connectivity index (χ4n) is 3.07. The summed E-state index contributed by atoms with van der Waals surface area (Å²) in [7, 11) is 0. The van der Waals surface area contributed by atoms with Gasteiger partial charge < -0.3 is 10.2 Å². The first kappa shape index (κ1) is 25.5. The van der Waals surface area contributed by atoms with Gasteiger partial charge in [-0.05, 0) is 42.2 Å². The van der Waals surface area contributed by atoms with Crippen LogP contribution in [-0.4, -0.2) is 35.1 Å². The first-order valence-corrected chi connectivity index (χ1v) is 12.1. The molecule has 0 saturated heterocycles. The average Bonchev–Trinajstić information content (AvgIpc) is 2.75. The molecular formula is C23H27Cl2FN2O2S. The van der Waals surface area contributed by atoms with Gasteiger partial charge in [-0.25, -0.2) is 4.39 Å². The highest BCUT2D eigenvalue weighted by Crippen LogP contribution is 2.24. The molecular weight excluding hydrogens is 458 g/mol. The Kier molecular flexibility index (Phi) is 10.6. The lowest BCUT2D eigenvalue weighted by Gasteiger charge is -2.30. The molecule has 0 fully saturated rings. The van der Waals surface area contributed by atoms with Crippen LogP contribution >= 0.6 is 35.0 Å². The maximum atomic E-state index is 13.9. The van der Waals surface area contributed by atoms with Gasteiger partial charge in [0.25, 0.3) is 0 Å². The number of halogens is 3. The first-order chi connectivity index (χ1) is 14.9. The van der Waals surface area contributed by atoms with E-state index in [1.165, 1.54) is 17.8 Å². The topological polar surface area (TPSA) is 49.4 Å². The zero-order valence-corrected chi connectivity index (χ0v) is 20.0. The second kappa shape index (κ2) is 12.9. The minimum Gasteiger partial charge on any atom is -0.354 e. The molecule has 0 radical (unpaired) electrons. The molecule has 1 atom stereocenters. The van der Waals surface area contributed by atoms with E-state index < -0.39 is 6.04 Å². The van der Waals surface area contributed by atoms with Crippen molar-refractivity contribution in [3.63, 3.8) is 0 Å². The van der Waals surface area contributed by atoms with Gasteiger partial charge in [0, 0.05) is 18.8 Å². The molecule has 0 bridgehead atoms. The number of amides is 2. The highest BCUT2D eigenvalue weighted by Gasteiger charge is 2.28. The van der Waals surface area contributed by atoms with E-state index in [1.54, 1.807) is 41.3 Å². The number of benzene rings is 2. The molecule has 0 heterocycles. The van der Waals surface area contributed by atoms with Crippen LogP contribution in [-0.2, 0) is 21.9 Å². The predicted molar refractivity (Wildman–Crippen MR) is 127 cm³/mol. The fourth-order valence-corrected chi connectivity index (χ4v) is 4.28. The second-order valence-corrected chi connectivity index (χ2v) is 8.87. The van der Waals surface area contributed by atoms with Crippen LogP contribution in [0.25, 0.3) is 0 Å². The molecule has 168 valence electrons. The number of hydrogen-bond acceptors (Lipinski definition) is 3. The molecule has 8 heteroatoms. The SMILES string of the molecule is CCCNC(=O)C(CC)N(Cc1ccc(Cl)c(Cl)c1)C(=O)CSCc1ccccc1F. The van der Waals surface area contributed by atoms with Crippen LogP contribution in [0.2, 0.25) is 10.0 Å². The smallest absolute Gasteiger partial charge is 0.242 e. The number of nitrogens with zero attached hydrogens (tertiary/aromatic N) is 1. The molecule has 1 unspecified atom stereocenters. The van der Waals surface area contributed by atoms with Crippen molar-refractivity contribution in [3.8, 4) is 0 Å². The average molecular weight is 485 g/mol. The van der Waals surface area contributed by atoms with Gasteiger partial charge in [0.2, 0.25) is 11.8 Å². The molecule has 2 aromatic carbocycles. The van der Waals surface area contributed by atoms with E-state index in [0.717, 1.165) is 12.0 Å². The second-order valence-electron chi connectivity index (χ2n) is 7.07. The number of rotatable bonds is 11. The number of carbonyl (C=O) groups excluding carboxylic acids is 2. The van der Waals surface area contributed by atoms with Crippen LogP contribution in [0.1, 0.15) is 37.8 Å². The van der Waals surface area contributed by atoms with Crippen molar-refractivity contribution >= 4 is 46.8 Å². The molecule has 0 spiro atoms. The van der Waals surface area contributed by atoms with Gasteiger partial charge in [0.1, 0.15) is 11.9 Å². The van der Waals surface area contributed by atoms with Gasteiger partial charge in [0.05, 0.1) is 15.8 Å². The number of carbonyl (C=O) groups is 2. The normalized spacial score (nSPS) is 11.8. The van der Waals surface area contributed by atoms with Crippen molar-refractivity contribution < 1.29 is 14.0 Å². The van der Waals surface area contributed by atoms with Gasteiger partial charge in [-0.1, -0.05) is 61.3 Å². The van der Waals surface area contributed by atoms with E-state index in [-0.39, 0.29) is 29.9 Å². The highest BCUT2D eigenvalue weighted by molar-refractivity contribution is 7.99. The Morgan fingerprint density at radius 2 is 1.87 bits per heavy atom. The molecule has 0 aliphatic heterocycles. The van der Waals surface area contributed by atoms with Gasteiger partial charge in [-0.3, -0.25) is 9.59 Å². The number of hydrogen-bond donors (Lipinski definition) is 1. The van der Waals surface area contributed by atoms with Crippen LogP contribution in [0.15, 0.2) is 42.5 Å². The van der Waals surface area contributed by atoms with E-state index in [1.807, 2.05) is 13.8 Å². The zero-order valence-electron chi connectivity index (χ0n) is 17.7. The molecule has 2 aromatic rings. The van der Waals surface area contributed by atoms with E-state index in [9.17, 15) is 14.0 Å². The van der Waals surface area contributed by atoms with Gasteiger partial charge >= 0.3 is 0 Å². The highest BCUT2D eigenvalue weighted by atomic mass is 35.5. The molecule has 31 heavy (non-hydrogen) atoms. The molecule has 0 aromatic heterocycles. The van der Waals surface area contributed by atoms with E-state index in [4.69, 9.17) is 23.2 Å². The summed E-state index contributed by atoms with van der Waals surface area (Å²) in [5, 5.41) is 3.70. The van der Waals surface area contributed by atoms with Crippen LogP contribution in [0.4, 0.5) is 4.39 Å². The van der Waals surface area contributed by atoms with Gasteiger partial charge in [-0.15, -0.1) is 11.8 Å². The monoisotopic (exact) mass is 484 g/mol. The van der Waals surface area contributed by atoms with Crippen LogP contribution in [0, 0.1) is 5.82 Å². The lowest BCUT2D eigenvalue weighted by atomic mass is 10.1. The summed E-state index contributed by atoms with van der Waals surface area (Å²) in [4.78, 5) is 27.4. The predicted octanol–water partition coefficient (Wildman–Crippen LogP) is 5.70. The van der Waals surface area contributed by atoms with Crippen molar-refractivity contribution in [1.29, 1.82) is 0 Å². The quantitative estimate of drug-likeness (QED) is 0.444. The van der Waals surface area contributed by atoms with Crippen molar-refractivity contribution in [2.45, 2.75) is 45.0 Å². The number of thioether (sulfide) groups is 1. The Morgan fingerprint density at radius 3 is 2.52 bits per heavy atom. The summed E-state index contributed by atoms with van der Waals surface area (Å²) in [6.07, 6.45) is 1.28. The van der Waals surface area contributed by atoms with Gasteiger partial charge in [-0.2, -0.15) is 0 Å². The summed E-state index contributed by atoms with van der Waals surface area (Å²) >= 11 is 13.5. The molecule has 0 saturated carbocycles. The summed E-state index contributed by atoms with van der Waals surface area (Å²) in [6.45, 7) is 4.62. The van der Waals surface area contributed by atoms with Crippen molar-refractivity contribution in [1.82, 2.24) is 10.2 Å². The Morgan fingerprint density at radius 1 is 1.13 bits per heavy atom. The Hall–Kier alpha value is -1.76. The van der Waals surface area contributed by atoms with Crippen molar-refractivity contribution in [2.75, 3.05) is 12.3 Å². The maximum Gasteiger partial charge on any atom is 0.242 e. The summed E-state index contributed by atoms with van der Waals surface area (Å²) in [5.41, 5.74) is 1.33. The van der Waals surface area contributed by atoms with Crippen molar-refractivity contribution in [2.24, 2.45) is 0 Å². The largest absolute Gasteiger partial charge is 0.354 e. The summed E-state index contributed by atoms with van der Waals surface area (Å²) in [6, 6.07) is 11.1. The zero-order chi connectivity index (χ0) is 22.8. The molecule has 0 aliphatic carbocycles. The summed E-state index contributed by atoms with van der Waals surface area (Å²) < 4.78 is 13.9. The minimum atomic E-state index is -0.609. The van der Waals surface area contributed by atoms with E-state index in [0.29, 0.717) is 34.3 Å². The third kappa shape index (κ3) is 7.70. The Balaban J connectivity index is 2.16. The minimum absolute atomic E-state index is 0.132. The Bertz CT molecular complexity index is 898. The lowest BCUT2D eigenvalue weighted by Crippen LogP contribution is -2.49. The third-order valence-electron chi connectivity index (χ3n) is 4.71. The lowest BCUT2D eigenvalue weighted by molar-refractivity contribution is -0.139. The van der Waals surface area contributed by atoms with Crippen LogP contribution < -0.4 is 5.32 Å². The molecule has 2 rings (SSSR count). The number of nitrogens with one attached hydrogen (secondary N) is 1. The van der Waals surface area contributed by atoms with Crippen LogP contribution in [0.3, 0.4) is 0 Å². The molecule has 2 amide bonds. The fraction of sp³-hybridized carbons (Fsp3) is 0.391. The first-order valence-electron chi connectivity index (χ1n) is 10.2. The third-order valence-corrected chi connectivity index (χ3v) is 6.42.